The van der Waals surface area contributed by atoms with Gasteiger partial charge in [-0.3, -0.25) is 9.59 Å². The minimum atomic E-state index is -0.403. The Morgan fingerprint density at radius 2 is 1.83 bits per heavy atom. The van der Waals surface area contributed by atoms with Gasteiger partial charge in [0.15, 0.2) is 0 Å². The second-order valence-corrected chi connectivity index (χ2v) is 5.76. The van der Waals surface area contributed by atoms with Crippen molar-refractivity contribution in [2.75, 3.05) is 0 Å². The van der Waals surface area contributed by atoms with Crippen molar-refractivity contribution in [3.05, 3.63) is 81.1 Å². The summed E-state index contributed by atoms with van der Waals surface area (Å²) in [6.07, 6.45) is 1.45. The highest BCUT2D eigenvalue weighted by atomic mass is 35.5. The predicted octanol–water partition coefficient (Wildman–Crippen LogP) is 3.67. The van der Waals surface area contributed by atoms with Gasteiger partial charge in [0.05, 0.1) is 6.04 Å². The van der Waals surface area contributed by atoms with Gasteiger partial charge < -0.3 is 10.3 Å². The molecule has 0 fully saturated rings. The van der Waals surface area contributed by atoms with Crippen LogP contribution in [0.15, 0.2) is 59.5 Å². The smallest absolute Gasteiger partial charge is 0.257 e. The van der Waals surface area contributed by atoms with E-state index in [4.69, 9.17) is 11.6 Å². The number of hydrogen-bond donors (Lipinski definition) is 2. The first kappa shape index (κ1) is 15.3. The van der Waals surface area contributed by atoms with E-state index in [0.717, 1.165) is 5.56 Å². The van der Waals surface area contributed by atoms with Gasteiger partial charge in [-0.05, 0) is 36.8 Å². The predicted molar refractivity (Wildman–Crippen MR) is 91.9 cm³/mol. The molecule has 5 heteroatoms. The van der Waals surface area contributed by atoms with Crippen LogP contribution in [0.2, 0.25) is 5.02 Å². The molecule has 0 unspecified atom stereocenters. The Bertz CT molecular complexity index is 916. The molecule has 0 spiro atoms. The van der Waals surface area contributed by atoms with Crippen molar-refractivity contribution >= 4 is 28.4 Å². The van der Waals surface area contributed by atoms with Crippen LogP contribution in [0, 0.1) is 0 Å². The lowest BCUT2D eigenvalue weighted by Gasteiger charge is -2.14. The van der Waals surface area contributed by atoms with E-state index in [9.17, 15) is 9.59 Å². The SMILES string of the molecule is C[C@@H](NC(=O)c1c[nH]c2ccccc2c1=O)c1ccc(Cl)cc1. The fourth-order valence-electron chi connectivity index (χ4n) is 2.45. The third kappa shape index (κ3) is 3.12. The molecule has 0 bridgehead atoms. The van der Waals surface area contributed by atoms with Crippen molar-refractivity contribution in [3.63, 3.8) is 0 Å². The number of nitrogens with one attached hydrogen (secondary N) is 2. The van der Waals surface area contributed by atoms with Gasteiger partial charge in [0.25, 0.3) is 5.91 Å². The van der Waals surface area contributed by atoms with Gasteiger partial charge in [-0.2, -0.15) is 0 Å². The van der Waals surface area contributed by atoms with Crippen molar-refractivity contribution in [3.8, 4) is 0 Å². The van der Waals surface area contributed by atoms with Crippen LogP contribution in [0.1, 0.15) is 28.9 Å². The first-order valence-electron chi connectivity index (χ1n) is 7.23. The maximum absolute atomic E-state index is 12.4. The Labute approximate surface area is 138 Å². The Kier molecular flexibility index (Phi) is 4.17. The lowest BCUT2D eigenvalue weighted by molar-refractivity contribution is 0.0938. The van der Waals surface area contributed by atoms with E-state index in [1.54, 1.807) is 30.3 Å². The third-order valence-corrected chi connectivity index (χ3v) is 4.00. The van der Waals surface area contributed by atoms with Crippen molar-refractivity contribution in [2.45, 2.75) is 13.0 Å². The van der Waals surface area contributed by atoms with Gasteiger partial charge in [0.1, 0.15) is 5.56 Å². The molecule has 4 nitrogen and oxygen atoms in total. The van der Waals surface area contributed by atoms with E-state index >= 15 is 0 Å². The number of aromatic amines is 1. The van der Waals surface area contributed by atoms with Crippen molar-refractivity contribution < 1.29 is 4.79 Å². The zero-order chi connectivity index (χ0) is 16.4. The Balaban J connectivity index is 1.87. The van der Waals surface area contributed by atoms with E-state index in [2.05, 4.69) is 10.3 Å². The zero-order valence-corrected chi connectivity index (χ0v) is 13.2. The molecule has 1 amide bonds. The molecular weight excluding hydrogens is 312 g/mol. The van der Waals surface area contributed by atoms with Crippen molar-refractivity contribution in [2.24, 2.45) is 0 Å². The number of carbonyl (C=O) groups is 1. The summed E-state index contributed by atoms with van der Waals surface area (Å²) in [7, 11) is 0. The van der Waals surface area contributed by atoms with E-state index < -0.39 is 5.91 Å². The molecule has 1 atom stereocenters. The molecular formula is C18H15ClN2O2. The molecule has 0 saturated heterocycles. The van der Waals surface area contributed by atoms with Crippen LogP contribution >= 0.6 is 11.6 Å². The zero-order valence-electron chi connectivity index (χ0n) is 12.5. The first-order chi connectivity index (χ1) is 11.1. The first-order valence-corrected chi connectivity index (χ1v) is 7.61. The summed E-state index contributed by atoms with van der Waals surface area (Å²) in [4.78, 5) is 27.8. The number of fused-ring (bicyclic) bond motifs is 1. The number of H-pyrrole nitrogens is 1. The highest BCUT2D eigenvalue weighted by Crippen LogP contribution is 2.16. The molecule has 23 heavy (non-hydrogen) atoms. The molecule has 2 aromatic carbocycles. The quantitative estimate of drug-likeness (QED) is 0.771. The van der Waals surface area contributed by atoms with Crippen LogP contribution in [0.3, 0.4) is 0 Å². The van der Waals surface area contributed by atoms with Crippen LogP contribution in [0.4, 0.5) is 0 Å². The summed E-state index contributed by atoms with van der Waals surface area (Å²) in [5.41, 5.74) is 1.45. The van der Waals surface area contributed by atoms with E-state index in [0.29, 0.717) is 15.9 Å². The molecule has 116 valence electrons. The average Bonchev–Trinajstić information content (AvgIpc) is 2.56. The minimum absolute atomic E-state index is 0.101. The molecule has 0 aliphatic rings. The maximum atomic E-state index is 12.4. The number of amides is 1. The number of halogens is 1. The van der Waals surface area contributed by atoms with Crippen LogP contribution in [0.5, 0.6) is 0 Å². The van der Waals surface area contributed by atoms with Crippen molar-refractivity contribution in [1.82, 2.24) is 10.3 Å². The summed E-state index contributed by atoms with van der Waals surface area (Å²) in [5.74, 6) is -0.403. The number of pyridine rings is 1. The molecule has 0 saturated carbocycles. The van der Waals surface area contributed by atoms with Gasteiger partial charge in [0, 0.05) is 22.1 Å². The van der Waals surface area contributed by atoms with Gasteiger partial charge in [0.2, 0.25) is 5.43 Å². The van der Waals surface area contributed by atoms with E-state index in [-0.39, 0.29) is 17.0 Å². The highest BCUT2D eigenvalue weighted by Gasteiger charge is 2.15. The fourth-order valence-corrected chi connectivity index (χ4v) is 2.57. The second kappa shape index (κ2) is 6.26. The number of para-hydroxylation sites is 1. The molecule has 0 radical (unpaired) electrons. The highest BCUT2D eigenvalue weighted by molar-refractivity contribution is 6.30. The van der Waals surface area contributed by atoms with E-state index in [1.807, 2.05) is 25.1 Å². The lowest BCUT2D eigenvalue weighted by atomic mass is 10.1. The summed E-state index contributed by atoms with van der Waals surface area (Å²) in [5, 5.41) is 3.97. The van der Waals surface area contributed by atoms with Crippen LogP contribution in [-0.2, 0) is 0 Å². The second-order valence-electron chi connectivity index (χ2n) is 5.32. The van der Waals surface area contributed by atoms with Gasteiger partial charge >= 0.3 is 0 Å². The standard InChI is InChI=1S/C18H15ClN2O2/c1-11(12-6-8-13(19)9-7-12)21-18(23)15-10-20-16-5-3-2-4-14(16)17(15)22/h2-11H,1H3,(H,20,22)(H,21,23)/t11-/m1/s1. The summed E-state index contributed by atoms with van der Waals surface area (Å²) in [6.45, 7) is 1.86. The van der Waals surface area contributed by atoms with Gasteiger partial charge in [-0.1, -0.05) is 35.9 Å². The monoisotopic (exact) mass is 326 g/mol. The Morgan fingerprint density at radius 3 is 2.57 bits per heavy atom. The number of aromatic nitrogens is 1. The summed E-state index contributed by atoms with van der Waals surface area (Å²) in [6, 6.07) is 14.1. The molecule has 3 aromatic rings. The van der Waals surface area contributed by atoms with Gasteiger partial charge in [-0.25, -0.2) is 0 Å². The largest absolute Gasteiger partial charge is 0.360 e. The summed E-state index contributed by atoms with van der Waals surface area (Å²) >= 11 is 5.86. The third-order valence-electron chi connectivity index (χ3n) is 3.75. The molecule has 0 aliphatic heterocycles. The molecule has 2 N–H and O–H groups in total. The lowest BCUT2D eigenvalue weighted by Crippen LogP contribution is -2.31. The van der Waals surface area contributed by atoms with Gasteiger partial charge in [-0.15, -0.1) is 0 Å². The number of hydrogen-bond acceptors (Lipinski definition) is 2. The minimum Gasteiger partial charge on any atom is -0.360 e. The summed E-state index contributed by atoms with van der Waals surface area (Å²) < 4.78 is 0. The number of carbonyl (C=O) groups excluding carboxylic acids is 1. The van der Waals surface area contributed by atoms with E-state index in [1.165, 1.54) is 6.20 Å². The normalized spacial score (nSPS) is 12.1. The fraction of sp³-hybridized carbons (Fsp3) is 0.111. The topological polar surface area (TPSA) is 62.0 Å². The van der Waals surface area contributed by atoms with Crippen molar-refractivity contribution in [1.29, 1.82) is 0 Å². The molecule has 0 aliphatic carbocycles. The molecule has 1 aromatic heterocycles. The van der Waals surface area contributed by atoms with Crippen LogP contribution in [0.25, 0.3) is 10.9 Å². The van der Waals surface area contributed by atoms with Crippen LogP contribution < -0.4 is 10.7 Å². The molecule has 1 heterocycles. The molecule has 3 rings (SSSR count). The number of rotatable bonds is 3. The number of benzene rings is 2. The van der Waals surface area contributed by atoms with Crippen LogP contribution in [-0.4, -0.2) is 10.9 Å². The Morgan fingerprint density at radius 1 is 1.13 bits per heavy atom. The average molecular weight is 327 g/mol. The maximum Gasteiger partial charge on any atom is 0.257 e. The Hall–Kier alpha value is -2.59.